The summed E-state index contributed by atoms with van der Waals surface area (Å²) in [5, 5.41) is 13.7. The number of nitrogens with one attached hydrogen (secondary N) is 1. The third-order valence-electron chi connectivity index (χ3n) is 6.36. The lowest BCUT2D eigenvalue weighted by Gasteiger charge is -2.41. The maximum absolute atomic E-state index is 12.9. The van der Waals surface area contributed by atoms with Gasteiger partial charge in [-0.15, -0.1) is 0 Å². The molecule has 0 bridgehead atoms. The Morgan fingerprint density at radius 2 is 1.97 bits per heavy atom. The predicted octanol–water partition coefficient (Wildman–Crippen LogP) is 5.08. The van der Waals surface area contributed by atoms with Crippen LogP contribution in [0.4, 0.5) is 14.7 Å². The molecular formula is C24H27F2N3O3. The number of aliphatic hydroxyl groups is 1. The summed E-state index contributed by atoms with van der Waals surface area (Å²) in [6.45, 7) is 2.44. The summed E-state index contributed by atoms with van der Waals surface area (Å²) in [4.78, 5) is 17.5. The van der Waals surface area contributed by atoms with E-state index >= 15 is 0 Å². The highest BCUT2D eigenvalue weighted by atomic mass is 19.3. The number of hydrogen-bond acceptors (Lipinski definition) is 4. The first-order chi connectivity index (χ1) is 15.1. The van der Waals surface area contributed by atoms with Crippen molar-refractivity contribution in [1.29, 1.82) is 0 Å². The quantitative estimate of drug-likeness (QED) is 0.534. The van der Waals surface area contributed by atoms with Gasteiger partial charge in [-0.05, 0) is 57.7 Å². The number of alkyl halides is 2. The molecule has 1 aliphatic rings. The van der Waals surface area contributed by atoms with Gasteiger partial charge in [0.1, 0.15) is 5.75 Å². The SMILES string of the molecule is Cc1c(OC(F)F)ccc2nc(NC(=O)CC(C)(O)c3ccccc3)n(C3(C)CCC3)c12. The molecule has 6 nitrogen and oxygen atoms in total. The molecule has 0 radical (unpaired) electrons. The summed E-state index contributed by atoms with van der Waals surface area (Å²) in [5.74, 6) is 0.0369. The molecule has 32 heavy (non-hydrogen) atoms. The average molecular weight is 443 g/mol. The van der Waals surface area contributed by atoms with E-state index in [1.54, 1.807) is 44.2 Å². The standard InChI is InChI=1S/C24H27F2N3O3/c1-15-18(32-21(25)26)11-10-17-20(15)29(23(2)12-7-13-23)22(27-17)28-19(30)14-24(3,31)16-8-5-4-6-9-16/h4-6,8-11,21,31H,7,12-14H2,1-3H3,(H,27,28,30). The van der Waals surface area contributed by atoms with E-state index in [0.29, 0.717) is 28.1 Å². The topological polar surface area (TPSA) is 76.4 Å². The summed E-state index contributed by atoms with van der Waals surface area (Å²) < 4.78 is 32.3. The van der Waals surface area contributed by atoms with Crippen molar-refractivity contribution in [2.24, 2.45) is 0 Å². The minimum Gasteiger partial charge on any atom is -0.434 e. The van der Waals surface area contributed by atoms with E-state index in [-0.39, 0.29) is 23.6 Å². The molecule has 2 aromatic carbocycles. The second kappa shape index (κ2) is 8.16. The molecule has 0 aliphatic heterocycles. The number of aryl methyl sites for hydroxylation is 1. The van der Waals surface area contributed by atoms with Crippen molar-refractivity contribution in [2.75, 3.05) is 5.32 Å². The van der Waals surface area contributed by atoms with Crippen LogP contribution in [0.15, 0.2) is 42.5 Å². The molecule has 8 heteroatoms. The molecule has 0 spiro atoms. The maximum Gasteiger partial charge on any atom is 0.387 e. The van der Waals surface area contributed by atoms with Crippen LogP contribution in [0.5, 0.6) is 5.75 Å². The largest absolute Gasteiger partial charge is 0.434 e. The van der Waals surface area contributed by atoms with Gasteiger partial charge in [-0.1, -0.05) is 30.3 Å². The average Bonchev–Trinajstić information content (AvgIpc) is 3.07. The normalized spacial score (nSPS) is 17.1. The van der Waals surface area contributed by atoms with E-state index in [0.717, 1.165) is 19.3 Å². The zero-order valence-electron chi connectivity index (χ0n) is 18.4. The number of carbonyl (C=O) groups is 1. The van der Waals surface area contributed by atoms with Crippen LogP contribution in [0.2, 0.25) is 0 Å². The maximum atomic E-state index is 12.9. The Morgan fingerprint density at radius 1 is 1.28 bits per heavy atom. The molecular weight excluding hydrogens is 416 g/mol. The van der Waals surface area contributed by atoms with Gasteiger partial charge in [-0.3, -0.25) is 10.1 Å². The number of anilines is 1. The molecule has 0 saturated heterocycles. The van der Waals surface area contributed by atoms with Crippen LogP contribution in [0, 0.1) is 6.92 Å². The molecule has 4 rings (SSSR count). The van der Waals surface area contributed by atoms with Crippen molar-refractivity contribution in [3.8, 4) is 5.75 Å². The predicted molar refractivity (Wildman–Crippen MR) is 118 cm³/mol. The number of aromatic nitrogens is 2. The van der Waals surface area contributed by atoms with Gasteiger partial charge in [0, 0.05) is 11.1 Å². The summed E-state index contributed by atoms with van der Waals surface area (Å²) in [6, 6.07) is 12.1. The lowest BCUT2D eigenvalue weighted by molar-refractivity contribution is -0.120. The number of nitrogens with zero attached hydrogens (tertiary/aromatic N) is 2. The molecule has 1 saturated carbocycles. The van der Waals surface area contributed by atoms with Gasteiger partial charge in [-0.2, -0.15) is 8.78 Å². The second-order valence-corrected chi connectivity index (χ2v) is 8.92. The third kappa shape index (κ3) is 4.07. The Hall–Kier alpha value is -3.00. The van der Waals surface area contributed by atoms with Crippen molar-refractivity contribution >= 4 is 22.9 Å². The van der Waals surface area contributed by atoms with Crippen LogP contribution in [-0.2, 0) is 15.9 Å². The van der Waals surface area contributed by atoms with Crippen molar-refractivity contribution in [1.82, 2.24) is 9.55 Å². The number of fused-ring (bicyclic) bond motifs is 1. The molecule has 170 valence electrons. The minimum absolute atomic E-state index is 0.0847. The number of carbonyl (C=O) groups excluding carboxylic acids is 1. The van der Waals surface area contributed by atoms with Crippen LogP contribution in [0.1, 0.15) is 50.7 Å². The van der Waals surface area contributed by atoms with E-state index in [9.17, 15) is 18.7 Å². The van der Waals surface area contributed by atoms with Crippen molar-refractivity contribution < 1.29 is 23.4 Å². The molecule has 1 heterocycles. The fourth-order valence-electron chi connectivity index (χ4n) is 4.44. The molecule has 1 amide bonds. The first kappa shape index (κ1) is 22.2. The highest BCUT2D eigenvalue weighted by Gasteiger charge is 2.38. The molecule has 1 aliphatic carbocycles. The lowest BCUT2D eigenvalue weighted by Crippen LogP contribution is -2.39. The van der Waals surface area contributed by atoms with Crippen molar-refractivity contribution in [3.63, 3.8) is 0 Å². The fourth-order valence-corrected chi connectivity index (χ4v) is 4.44. The van der Waals surface area contributed by atoms with E-state index in [2.05, 4.69) is 22.0 Å². The lowest BCUT2D eigenvalue weighted by atomic mass is 9.78. The minimum atomic E-state index is -2.93. The molecule has 1 unspecified atom stereocenters. The van der Waals surface area contributed by atoms with Crippen molar-refractivity contribution in [2.45, 2.75) is 64.2 Å². The zero-order valence-corrected chi connectivity index (χ0v) is 18.4. The highest BCUT2D eigenvalue weighted by Crippen LogP contribution is 2.44. The molecule has 1 atom stereocenters. The Labute approximate surface area is 185 Å². The number of hydrogen-bond donors (Lipinski definition) is 2. The Bertz CT molecular complexity index is 1140. The molecule has 1 aromatic heterocycles. The number of amides is 1. The van der Waals surface area contributed by atoms with Gasteiger partial charge in [0.15, 0.2) is 0 Å². The van der Waals surface area contributed by atoms with Gasteiger partial charge in [0.2, 0.25) is 11.9 Å². The molecule has 3 aromatic rings. The number of benzene rings is 2. The smallest absolute Gasteiger partial charge is 0.387 e. The number of rotatable bonds is 7. The molecule has 1 fully saturated rings. The number of imidazole rings is 1. The van der Waals surface area contributed by atoms with E-state index < -0.39 is 12.2 Å². The summed E-state index contributed by atoms with van der Waals surface area (Å²) >= 11 is 0. The summed E-state index contributed by atoms with van der Waals surface area (Å²) in [6.07, 6.45) is 2.62. The van der Waals surface area contributed by atoms with E-state index in [1.807, 2.05) is 10.6 Å². The number of halogens is 2. The summed E-state index contributed by atoms with van der Waals surface area (Å²) in [7, 11) is 0. The monoisotopic (exact) mass is 443 g/mol. The van der Waals surface area contributed by atoms with Gasteiger partial charge >= 0.3 is 6.61 Å². The van der Waals surface area contributed by atoms with Gasteiger partial charge in [0.05, 0.1) is 23.1 Å². The van der Waals surface area contributed by atoms with Crippen molar-refractivity contribution in [3.05, 3.63) is 53.6 Å². The third-order valence-corrected chi connectivity index (χ3v) is 6.36. The fraction of sp³-hybridized carbons (Fsp3) is 0.417. The van der Waals surface area contributed by atoms with Crippen LogP contribution < -0.4 is 10.1 Å². The zero-order chi connectivity index (χ0) is 23.1. The van der Waals surface area contributed by atoms with Crippen LogP contribution in [0.25, 0.3) is 11.0 Å². The van der Waals surface area contributed by atoms with Gasteiger partial charge in [-0.25, -0.2) is 4.98 Å². The van der Waals surface area contributed by atoms with E-state index in [4.69, 9.17) is 0 Å². The van der Waals surface area contributed by atoms with Crippen LogP contribution >= 0.6 is 0 Å². The van der Waals surface area contributed by atoms with Gasteiger partial charge < -0.3 is 14.4 Å². The van der Waals surface area contributed by atoms with Gasteiger partial charge in [0.25, 0.3) is 0 Å². The van der Waals surface area contributed by atoms with Crippen LogP contribution in [-0.4, -0.2) is 27.2 Å². The highest BCUT2D eigenvalue weighted by molar-refractivity contribution is 5.93. The first-order valence-electron chi connectivity index (χ1n) is 10.7. The van der Waals surface area contributed by atoms with Crippen LogP contribution in [0.3, 0.4) is 0 Å². The molecule has 2 N–H and O–H groups in total. The van der Waals surface area contributed by atoms with E-state index in [1.165, 1.54) is 6.07 Å². The Morgan fingerprint density at radius 3 is 2.56 bits per heavy atom. The Kier molecular flexibility index (Phi) is 5.67. The number of ether oxygens (including phenoxy) is 1. The second-order valence-electron chi connectivity index (χ2n) is 8.92. The first-order valence-corrected chi connectivity index (χ1v) is 10.7. The summed E-state index contributed by atoms with van der Waals surface area (Å²) in [5.41, 5.74) is 0.779. The Balaban J connectivity index is 1.70.